The van der Waals surface area contributed by atoms with Crippen LogP contribution in [0.3, 0.4) is 0 Å². The van der Waals surface area contributed by atoms with Gasteiger partial charge in [-0.1, -0.05) is 6.07 Å². The third-order valence-corrected chi connectivity index (χ3v) is 5.91. The smallest absolute Gasteiger partial charge is 0.388 e. The van der Waals surface area contributed by atoms with Crippen molar-refractivity contribution in [2.75, 3.05) is 10.6 Å². The Bertz CT molecular complexity index is 967. The van der Waals surface area contributed by atoms with Crippen LogP contribution in [0.25, 0.3) is 11.5 Å². The van der Waals surface area contributed by atoms with E-state index in [9.17, 15) is 30.7 Å². The summed E-state index contributed by atoms with van der Waals surface area (Å²) in [7, 11) is 0. The molecule has 0 bridgehead atoms. The summed E-state index contributed by atoms with van der Waals surface area (Å²) in [6.45, 7) is 0. The van der Waals surface area contributed by atoms with Crippen LogP contribution in [0.15, 0.2) is 18.2 Å². The summed E-state index contributed by atoms with van der Waals surface area (Å²) in [6, 6.07) is 2.97. The second-order valence-electron chi connectivity index (χ2n) is 8.76. The SMILES string of the molecule is FC1(F)CCC(Nc2nc(NC3CCC(F)(F)CC3)nc(-c3cccc(OC(F)(F)F)n3)n2)CC1. The highest BCUT2D eigenvalue weighted by Gasteiger charge is 2.36. The number of hydrogen-bond donors (Lipinski definition) is 2. The molecule has 2 aromatic heterocycles. The molecule has 4 rings (SSSR count). The van der Waals surface area contributed by atoms with Crippen LogP contribution in [-0.4, -0.2) is 50.2 Å². The minimum atomic E-state index is -4.95. The van der Waals surface area contributed by atoms with Crippen LogP contribution >= 0.6 is 0 Å². The Kier molecular flexibility index (Phi) is 6.91. The van der Waals surface area contributed by atoms with E-state index in [0.717, 1.165) is 6.07 Å². The van der Waals surface area contributed by atoms with E-state index in [2.05, 4.69) is 35.3 Å². The third-order valence-electron chi connectivity index (χ3n) is 5.91. The zero-order valence-corrected chi connectivity index (χ0v) is 18.4. The fourth-order valence-electron chi connectivity index (χ4n) is 4.07. The molecule has 2 aliphatic rings. The van der Waals surface area contributed by atoms with Crippen LogP contribution in [0.4, 0.5) is 42.6 Å². The van der Waals surface area contributed by atoms with Crippen LogP contribution < -0.4 is 15.4 Å². The summed E-state index contributed by atoms with van der Waals surface area (Å²) in [5.74, 6) is -6.26. The quantitative estimate of drug-likeness (QED) is 0.477. The van der Waals surface area contributed by atoms with Gasteiger partial charge in [0.1, 0.15) is 5.69 Å². The summed E-state index contributed by atoms with van der Waals surface area (Å²) in [5, 5.41) is 5.96. The Labute approximate surface area is 195 Å². The molecule has 0 unspecified atom stereocenters. The first-order valence-corrected chi connectivity index (χ1v) is 11.1. The lowest BCUT2D eigenvalue weighted by Gasteiger charge is -2.30. The monoisotopic (exact) mass is 508 g/mol. The summed E-state index contributed by atoms with van der Waals surface area (Å²) in [6.07, 6.45) is -5.49. The van der Waals surface area contributed by atoms with Crippen molar-refractivity contribution in [1.29, 1.82) is 0 Å². The van der Waals surface area contributed by atoms with E-state index < -0.39 is 24.1 Å². The van der Waals surface area contributed by atoms with Crippen molar-refractivity contribution >= 4 is 11.9 Å². The first kappa shape index (κ1) is 25.2. The van der Waals surface area contributed by atoms with Crippen LogP contribution in [0.5, 0.6) is 5.88 Å². The van der Waals surface area contributed by atoms with Crippen molar-refractivity contribution in [3.8, 4) is 17.4 Å². The number of aromatic nitrogens is 4. The van der Waals surface area contributed by atoms with Crippen LogP contribution in [0.1, 0.15) is 51.4 Å². The second-order valence-corrected chi connectivity index (χ2v) is 8.76. The highest BCUT2D eigenvalue weighted by molar-refractivity contribution is 5.54. The standard InChI is InChI=1S/C21H23F7N6O/c22-19(23)8-4-12(5-9-19)29-17-32-16(14-2-1-3-15(31-14)35-21(26,27)28)33-18(34-17)30-13-6-10-20(24,25)11-7-13/h1-3,12-13H,4-11H2,(H2,29,30,32,33,34). The molecule has 14 heteroatoms. The van der Waals surface area contributed by atoms with Gasteiger partial charge in [0.15, 0.2) is 5.82 Å². The van der Waals surface area contributed by atoms with Gasteiger partial charge in [-0.25, -0.2) is 22.5 Å². The average molecular weight is 508 g/mol. The summed E-state index contributed by atoms with van der Waals surface area (Å²) >= 11 is 0. The number of pyridine rings is 1. The van der Waals surface area contributed by atoms with Crippen molar-refractivity contribution in [2.45, 2.75) is 81.7 Å². The number of nitrogens with zero attached hydrogens (tertiary/aromatic N) is 4. The molecule has 0 saturated heterocycles. The number of halogens is 7. The molecule has 0 spiro atoms. The highest BCUT2D eigenvalue weighted by Crippen LogP contribution is 2.35. The molecule has 0 atom stereocenters. The lowest BCUT2D eigenvalue weighted by atomic mass is 9.92. The fourth-order valence-corrected chi connectivity index (χ4v) is 4.07. The Morgan fingerprint density at radius 2 is 1.23 bits per heavy atom. The predicted octanol–water partition coefficient (Wildman–Crippen LogP) is 5.81. The molecule has 7 nitrogen and oxygen atoms in total. The molecule has 2 saturated carbocycles. The molecule has 35 heavy (non-hydrogen) atoms. The minimum Gasteiger partial charge on any atom is -0.388 e. The lowest BCUT2D eigenvalue weighted by molar-refractivity contribution is -0.276. The predicted molar refractivity (Wildman–Crippen MR) is 111 cm³/mol. The highest BCUT2D eigenvalue weighted by atomic mass is 19.4. The number of alkyl halides is 7. The van der Waals surface area contributed by atoms with Gasteiger partial charge in [-0.3, -0.25) is 0 Å². The minimum absolute atomic E-state index is 0.0119. The topological polar surface area (TPSA) is 84.9 Å². The number of anilines is 2. The van der Waals surface area contributed by atoms with Crippen LogP contribution in [0.2, 0.25) is 0 Å². The molecule has 2 aromatic rings. The van der Waals surface area contributed by atoms with Gasteiger partial charge in [-0.05, 0) is 31.7 Å². The Balaban J connectivity index is 1.58. The number of nitrogens with one attached hydrogen (secondary N) is 2. The van der Waals surface area contributed by atoms with Crippen molar-refractivity contribution in [3.05, 3.63) is 18.2 Å². The van der Waals surface area contributed by atoms with E-state index >= 15 is 0 Å². The summed E-state index contributed by atoms with van der Waals surface area (Å²) in [5.41, 5.74) is -0.0504. The van der Waals surface area contributed by atoms with Crippen molar-refractivity contribution < 1.29 is 35.5 Å². The molecule has 0 amide bonds. The number of rotatable bonds is 6. The van der Waals surface area contributed by atoms with Crippen LogP contribution in [0, 0.1) is 0 Å². The van der Waals surface area contributed by atoms with Gasteiger partial charge in [0.2, 0.25) is 29.6 Å². The molecular weight excluding hydrogens is 485 g/mol. The third kappa shape index (κ3) is 7.28. The molecule has 0 radical (unpaired) electrons. The normalized spacial score (nSPS) is 20.9. The van der Waals surface area contributed by atoms with E-state index in [4.69, 9.17) is 0 Å². The first-order valence-electron chi connectivity index (χ1n) is 11.1. The van der Waals surface area contributed by atoms with Gasteiger partial charge in [0, 0.05) is 43.8 Å². The second kappa shape index (κ2) is 9.61. The lowest BCUT2D eigenvalue weighted by Crippen LogP contribution is -2.33. The van der Waals surface area contributed by atoms with Gasteiger partial charge in [0.25, 0.3) is 0 Å². The van der Waals surface area contributed by atoms with Gasteiger partial charge >= 0.3 is 6.36 Å². The van der Waals surface area contributed by atoms with Gasteiger partial charge in [-0.2, -0.15) is 15.0 Å². The maximum atomic E-state index is 13.5. The van der Waals surface area contributed by atoms with E-state index in [-0.39, 0.29) is 86.9 Å². The number of ether oxygens (including phenoxy) is 1. The Morgan fingerprint density at radius 3 is 1.69 bits per heavy atom. The number of hydrogen-bond acceptors (Lipinski definition) is 7. The van der Waals surface area contributed by atoms with Crippen molar-refractivity contribution in [1.82, 2.24) is 19.9 Å². The Morgan fingerprint density at radius 1 is 0.743 bits per heavy atom. The molecule has 192 valence electrons. The van der Waals surface area contributed by atoms with Gasteiger partial charge in [-0.15, -0.1) is 13.2 Å². The van der Waals surface area contributed by atoms with Crippen LogP contribution in [-0.2, 0) is 0 Å². The maximum absolute atomic E-state index is 13.5. The molecule has 0 aromatic carbocycles. The van der Waals surface area contributed by atoms with E-state index in [0.29, 0.717) is 0 Å². The maximum Gasteiger partial charge on any atom is 0.574 e. The Hall–Kier alpha value is -2.93. The molecule has 0 aliphatic heterocycles. The zero-order valence-electron chi connectivity index (χ0n) is 18.4. The van der Waals surface area contributed by atoms with E-state index in [1.807, 2.05) is 0 Å². The molecular formula is C21H23F7N6O. The molecule has 2 N–H and O–H groups in total. The van der Waals surface area contributed by atoms with E-state index in [1.165, 1.54) is 12.1 Å². The first-order chi connectivity index (χ1) is 16.4. The van der Waals surface area contributed by atoms with Gasteiger partial charge in [0.05, 0.1) is 0 Å². The zero-order chi connectivity index (χ0) is 25.3. The molecule has 2 fully saturated rings. The van der Waals surface area contributed by atoms with Crippen molar-refractivity contribution in [2.24, 2.45) is 0 Å². The summed E-state index contributed by atoms with van der Waals surface area (Å²) < 4.78 is 95.7. The van der Waals surface area contributed by atoms with Gasteiger partial charge < -0.3 is 15.4 Å². The molecule has 2 aliphatic carbocycles. The van der Waals surface area contributed by atoms with Crippen molar-refractivity contribution in [3.63, 3.8) is 0 Å². The van der Waals surface area contributed by atoms with E-state index in [1.54, 1.807) is 0 Å². The molecule has 2 heterocycles. The summed E-state index contributed by atoms with van der Waals surface area (Å²) in [4.78, 5) is 16.5. The average Bonchev–Trinajstić information content (AvgIpc) is 2.76. The largest absolute Gasteiger partial charge is 0.574 e. The fraction of sp³-hybridized carbons (Fsp3) is 0.619.